The topological polar surface area (TPSA) is 24.9 Å². The molecule has 0 aliphatic carbocycles. The summed E-state index contributed by atoms with van der Waals surface area (Å²) in [6.45, 7) is 0.835. The van der Waals surface area contributed by atoms with Crippen molar-refractivity contribution in [3.8, 4) is 0 Å². The lowest BCUT2D eigenvalue weighted by atomic mass is 10.0. The summed E-state index contributed by atoms with van der Waals surface area (Å²) in [5, 5.41) is 7.08. The van der Waals surface area contributed by atoms with Gasteiger partial charge in [0.1, 0.15) is 0 Å². The average molecular weight is 253 g/mol. The van der Waals surface area contributed by atoms with Crippen LogP contribution in [0, 0.1) is 0 Å². The molecule has 16 heavy (non-hydrogen) atoms. The zero-order valence-electron chi connectivity index (χ0n) is 9.03. The lowest BCUT2D eigenvalue weighted by molar-refractivity contribution is 0.807. The second-order valence-corrected chi connectivity index (χ2v) is 4.96. The van der Waals surface area contributed by atoms with E-state index in [1.165, 1.54) is 11.1 Å². The Bertz CT molecular complexity index is 454. The van der Waals surface area contributed by atoms with Gasteiger partial charge in [-0.3, -0.25) is 0 Å². The van der Waals surface area contributed by atoms with Crippen LogP contribution in [0.25, 0.3) is 0 Å². The smallest absolute Gasteiger partial charge is 0.0968 e. The molecular weight excluding hydrogens is 240 g/mol. The van der Waals surface area contributed by atoms with E-state index in [1.54, 1.807) is 11.3 Å². The Kier molecular flexibility index (Phi) is 3.93. The minimum Gasteiger partial charge on any atom is -0.316 e. The summed E-state index contributed by atoms with van der Waals surface area (Å²) >= 11 is 7.68. The van der Waals surface area contributed by atoms with Crippen LogP contribution in [-0.2, 0) is 13.0 Å². The van der Waals surface area contributed by atoms with Crippen LogP contribution >= 0.6 is 22.9 Å². The molecule has 0 bridgehead atoms. The molecule has 0 radical (unpaired) electrons. The van der Waals surface area contributed by atoms with Crippen LogP contribution in [0.5, 0.6) is 0 Å². The molecule has 1 N–H and O–H groups in total. The molecule has 0 amide bonds. The first-order valence-corrected chi connectivity index (χ1v) is 6.35. The molecule has 2 aromatic rings. The van der Waals surface area contributed by atoms with Gasteiger partial charge in [0.15, 0.2) is 0 Å². The fraction of sp³-hybridized carbons (Fsp3) is 0.250. The average Bonchev–Trinajstić information content (AvgIpc) is 2.75. The van der Waals surface area contributed by atoms with Gasteiger partial charge in [-0.05, 0) is 30.3 Å². The number of rotatable bonds is 4. The number of halogens is 1. The molecule has 1 aromatic carbocycles. The summed E-state index contributed by atoms with van der Waals surface area (Å²) in [5.41, 5.74) is 2.53. The highest BCUT2D eigenvalue weighted by Crippen LogP contribution is 2.20. The molecule has 0 aliphatic heterocycles. The third-order valence-corrected chi connectivity index (χ3v) is 3.38. The molecule has 0 unspecified atom stereocenters. The third-order valence-electron chi connectivity index (χ3n) is 2.36. The SMILES string of the molecule is CNCc1cc(Cl)ccc1Cc1nccs1. The number of nitrogens with one attached hydrogen (secondary N) is 1. The van der Waals surface area contributed by atoms with Crippen LogP contribution in [-0.4, -0.2) is 12.0 Å². The Balaban J connectivity index is 2.25. The summed E-state index contributed by atoms with van der Waals surface area (Å²) in [6.07, 6.45) is 2.72. The van der Waals surface area contributed by atoms with Crippen molar-refractivity contribution in [3.05, 3.63) is 50.9 Å². The monoisotopic (exact) mass is 252 g/mol. The maximum atomic E-state index is 5.99. The second-order valence-electron chi connectivity index (χ2n) is 3.55. The van der Waals surface area contributed by atoms with E-state index < -0.39 is 0 Å². The maximum absolute atomic E-state index is 5.99. The van der Waals surface area contributed by atoms with Crippen molar-refractivity contribution >= 4 is 22.9 Å². The van der Waals surface area contributed by atoms with E-state index in [0.717, 1.165) is 23.0 Å². The molecular formula is C12H13ClN2S. The van der Waals surface area contributed by atoms with Gasteiger partial charge < -0.3 is 5.32 Å². The van der Waals surface area contributed by atoms with E-state index in [-0.39, 0.29) is 0 Å². The highest BCUT2D eigenvalue weighted by atomic mass is 35.5. The van der Waals surface area contributed by atoms with Crippen LogP contribution in [0.3, 0.4) is 0 Å². The lowest BCUT2D eigenvalue weighted by Gasteiger charge is -2.08. The molecule has 0 fully saturated rings. The van der Waals surface area contributed by atoms with Crippen molar-refractivity contribution in [2.24, 2.45) is 0 Å². The van der Waals surface area contributed by atoms with Crippen LogP contribution < -0.4 is 5.32 Å². The Hall–Kier alpha value is -0.900. The molecule has 0 aliphatic rings. The van der Waals surface area contributed by atoms with E-state index in [0.29, 0.717) is 0 Å². The first-order valence-electron chi connectivity index (χ1n) is 5.10. The summed E-state index contributed by atoms with van der Waals surface area (Å²) in [5.74, 6) is 0. The van der Waals surface area contributed by atoms with E-state index >= 15 is 0 Å². The molecule has 1 heterocycles. The molecule has 0 atom stereocenters. The van der Waals surface area contributed by atoms with Crippen molar-refractivity contribution in [1.29, 1.82) is 0 Å². The van der Waals surface area contributed by atoms with Gasteiger partial charge >= 0.3 is 0 Å². The van der Waals surface area contributed by atoms with Gasteiger partial charge in [0, 0.05) is 29.6 Å². The third kappa shape index (κ3) is 2.82. The van der Waals surface area contributed by atoms with Gasteiger partial charge in [-0.1, -0.05) is 17.7 Å². The van der Waals surface area contributed by atoms with E-state index in [4.69, 9.17) is 11.6 Å². The first kappa shape index (κ1) is 11.6. The number of hydrogen-bond donors (Lipinski definition) is 1. The van der Waals surface area contributed by atoms with Crippen LogP contribution in [0.15, 0.2) is 29.8 Å². The van der Waals surface area contributed by atoms with Gasteiger partial charge in [0.05, 0.1) is 5.01 Å². The summed E-state index contributed by atoms with van der Waals surface area (Å²) in [6, 6.07) is 6.03. The van der Waals surface area contributed by atoms with Gasteiger partial charge in [-0.25, -0.2) is 4.98 Å². The molecule has 0 saturated heterocycles. The quantitative estimate of drug-likeness (QED) is 0.905. The van der Waals surface area contributed by atoms with Crippen molar-refractivity contribution < 1.29 is 0 Å². The Morgan fingerprint density at radius 3 is 2.94 bits per heavy atom. The molecule has 1 aromatic heterocycles. The number of hydrogen-bond acceptors (Lipinski definition) is 3. The summed E-state index contributed by atoms with van der Waals surface area (Å²) in [4.78, 5) is 4.30. The van der Waals surface area contributed by atoms with Gasteiger partial charge in [-0.2, -0.15) is 0 Å². The van der Waals surface area contributed by atoms with Crippen molar-refractivity contribution in [3.63, 3.8) is 0 Å². The Morgan fingerprint density at radius 2 is 2.25 bits per heavy atom. The normalized spacial score (nSPS) is 10.6. The van der Waals surface area contributed by atoms with Crippen LogP contribution in [0.2, 0.25) is 5.02 Å². The molecule has 4 heteroatoms. The van der Waals surface area contributed by atoms with Crippen molar-refractivity contribution in [2.75, 3.05) is 7.05 Å². The number of nitrogens with zero attached hydrogens (tertiary/aromatic N) is 1. The van der Waals surface area contributed by atoms with Gasteiger partial charge in [-0.15, -0.1) is 11.3 Å². The number of thiazole rings is 1. The van der Waals surface area contributed by atoms with Crippen molar-refractivity contribution in [2.45, 2.75) is 13.0 Å². The van der Waals surface area contributed by atoms with Gasteiger partial charge in [0.25, 0.3) is 0 Å². The van der Waals surface area contributed by atoms with Crippen LogP contribution in [0.1, 0.15) is 16.1 Å². The van der Waals surface area contributed by atoms with E-state index in [9.17, 15) is 0 Å². The highest BCUT2D eigenvalue weighted by molar-refractivity contribution is 7.09. The minimum atomic E-state index is 0.785. The maximum Gasteiger partial charge on any atom is 0.0968 e. The zero-order chi connectivity index (χ0) is 11.4. The standard InChI is InChI=1S/C12H13ClN2S/c1-14-8-10-6-11(13)3-2-9(10)7-12-15-4-5-16-12/h2-6,14H,7-8H2,1H3. The van der Waals surface area contributed by atoms with Crippen molar-refractivity contribution in [1.82, 2.24) is 10.3 Å². The molecule has 84 valence electrons. The molecule has 0 saturated carbocycles. The Labute approximate surface area is 104 Å². The number of benzene rings is 1. The first-order chi connectivity index (χ1) is 7.79. The molecule has 0 spiro atoms. The van der Waals surface area contributed by atoms with Gasteiger partial charge in [0.2, 0.25) is 0 Å². The molecule has 2 nitrogen and oxygen atoms in total. The lowest BCUT2D eigenvalue weighted by Crippen LogP contribution is -2.08. The fourth-order valence-electron chi connectivity index (χ4n) is 1.63. The largest absolute Gasteiger partial charge is 0.316 e. The fourth-order valence-corrected chi connectivity index (χ4v) is 2.46. The molecule has 2 rings (SSSR count). The highest BCUT2D eigenvalue weighted by Gasteiger charge is 2.05. The number of aromatic nitrogens is 1. The Morgan fingerprint density at radius 1 is 1.38 bits per heavy atom. The van der Waals surface area contributed by atoms with E-state index in [1.807, 2.05) is 30.8 Å². The van der Waals surface area contributed by atoms with Crippen LogP contribution in [0.4, 0.5) is 0 Å². The predicted octanol–water partition coefficient (Wildman–Crippen LogP) is 3.11. The summed E-state index contributed by atoms with van der Waals surface area (Å²) < 4.78 is 0. The second kappa shape index (κ2) is 5.43. The van der Waals surface area contributed by atoms with E-state index in [2.05, 4.69) is 16.4 Å². The predicted molar refractivity (Wildman–Crippen MR) is 69.1 cm³/mol. The minimum absolute atomic E-state index is 0.785. The zero-order valence-corrected chi connectivity index (χ0v) is 10.6. The summed E-state index contributed by atoms with van der Waals surface area (Å²) in [7, 11) is 1.94.